The van der Waals surface area contributed by atoms with Crippen LogP contribution in [0.4, 0.5) is 0 Å². The Kier molecular flexibility index (Phi) is 4.70. The number of rotatable bonds is 6. The molecule has 1 aromatic carbocycles. The van der Waals surface area contributed by atoms with E-state index in [0.717, 1.165) is 37.3 Å². The zero-order chi connectivity index (χ0) is 13.8. The fraction of sp³-hybridized carbons (Fsp3) is 0.625. The summed E-state index contributed by atoms with van der Waals surface area (Å²) in [6.07, 6.45) is 3.40. The van der Waals surface area contributed by atoms with E-state index in [1.54, 1.807) is 7.11 Å². The van der Waals surface area contributed by atoms with Gasteiger partial charge in [-0.3, -0.25) is 0 Å². The third-order valence-electron chi connectivity index (χ3n) is 3.70. The molecule has 2 rings (SSSR count). The summed E-state index contributed by atoms with van der Waals surface area (Å²) >= 11 is 0. The first-order valence-corrected chi connectivity index (χ1v) is 7.23. The number of benzene rings is 1. The van der Waals surface area contributed by atoms with Gasteiger partial charge in [-0.15, -0.1) is 0 Å². The molecule has 106 valence electrons. The van der Waals surface area contributed by atoms with Crippen molar-refractivity contribution in [1.82, 2.24) is 5.32 Å². The van der Waals surface area contributed by atoms with Crippen LogP contribution in [-0.2, 0) is 12.8 Å². The molecule has 0 amide bonds. The largest absolute Gasteiger partial charge is 0.496 e. The lowest BCUT2D eigenvalue weighted by atomic mass is 10.0. The summed E-state index contributed by atoms with van der Waals surface area (Å²) in [7, 11) is 1.75. The van der Waals surface area contributed by atoms with Crippen molar-refractivity contribution in [2.75, 3.05) is 13.7 Å². The predicted molar refractivity (Wildman–Crippen MR) is 78.2 cm³/mol. The van der Waals surface area contributed by atoms with Crippen LogP contribution in [0.3, 0.4) is 0 Å². The first-order chi connectivity index (χ1) is 9.13. The average Bonchev–Trinajstić information content (AvgIpc) is 2.74. The zero-order valence-corrected chi connectivity index (χ0v) is 12.5. The van der Waals surface area contributed by atoms with E-state index in [4.69, 9.17) is 9.47 Å². The minimum Gasteiger partial charge on any atom is -0.496 e. The van der Waals surface area contributed by atoms with Crippen molar-refractivity contribution in [1.29, 1.82) is 0 Å². The summed E-state index contributed by atoms with van der Waals surface area (Å²) in [6.45, 7) is 7.49. The molecule has 1 N–H and O–H groups in total. The molecule has 0 saturated carbocycles. The fourth-order valence-electron chi connectivity index (χ4n) is 2.69. The van der Waals surface area contributed by atoms with Crippen LogP contribution < -0.4 is 14.8 Å². The van der Waals surface area contributed by atoms with E-state index in [2.05, 4.69) is 38.2 Å². The molecule has 1 aliphatic rings. The van der Waals surface area contributed by atoms with Crippen LogP contribution >= 0.6 is 0 Å². The fourth-order valence-corrected chi connectivity index (χ4v) is 2.69. The maximum absolute atomic E-state index is 5.83. The van der Waals surface area contributed by atoms with Gasteiger partial charge in [0.25, 0.3) is 0 Å². The van der Waals surface area contributed by atoms with Gasteiger partial charge in [0.1, 0.15) is 17.6 Å². The third-order valence-corrected chi connectivity index (χ3v) is 3.70. The number of hydrogen-bond donors (Lipinski definition) is 1. The molecule has 0 radical (unpaired) electrons. The Hall–Kier alpha value is -1.22. The number of aryl methyl sites for hydroxylation is 1. The van der Waals surface area contributed by atoms with Crippen LogP contribution in [0.5, 0.6) is 11.5 Å². The van der Waals surface area contributed by atoms with Crippen molar-refractivity contribution >= 4 is 0 Å². The van der Waals surface area contributed by atoms with Crippen molar-refractivity contribution in [2.24, 2.45) is 0 Å². The number of ether oxygens (including phenoxy) is 2. The van der Waals surface area contributed by atoms with E-state index < -0.39 is 0 Å². The molecule has 0 spiro atoms. The van der Waals surface area contributed by atoms with Gasteiger partial charge in [0.2, 0.25) is 0 Å². The second-order valence-electron chi connectivity index (χ2n) is 5.40. The van der Waals surface area contributed by atoms with Crippen molar-refractivity contribution in [2.45, 2.75) is 52.2 Å². The Morgan fingerprint density at radius 3 is 2.95 bits per heavy atom. The average molecular weight is 263 g/mol. The van der Waals surface area contributed by atoms with Crippen LogP contribution in [-0.4, -0.2) is 25.8 Å². The van der Waals surface area contributed by atoms with Crippen LogP contribution in [0.1, 0.15) is 38.3 Å². The second kappa shape index (κ2) is 6.29. The van der Waals surface area contributed by atoms with Gasteiger partial charge in [-0.1, -0.05) is 6.92 Å². The maximum atomic E-state index is 5.83. The summed E-state index contributed by atoms with van der Waals surface area (Å²) in [5.41, 5.74) is 2.52. The molecule has 1 aromatic rings. The zero-order valence-electron chi connectivity index (χ0n) is 12.5. The molecule has 2 atom stereocenters. The van der Waals surface area contributed by atoms with E-state index >= 15 is 0 Å². The molecule has 0 fully saturated rings. The molecular formula is C16H25NO2. The quantitative estimate of drug-likeness (QED) is 0.856. The number of nitrogens with one attached hydrogen (secondary N) is 1. The number of fused-ring (bicyclic) bond motifs is 1. The number of hydrogen-bond acceptors (Lipinski definition) is 3. The molecule has 0 bridgehead atoms. The van der Waals surface area contributed by atoms with Crippen molar-refractivity contribution in [3.8, 4) is 11.5 Å². The second-order valence-corrected chi connectivity index (χ2v) is 5.40. The molecule has 0 aliphatic carbocycles. The molecule has 0 aromatic heterocycles. The van der Waals surface area contributed by atoms with Crippen LogP contribution in [0.25, 0.3) is 0 Å². The van der Waals surface area contributed by atoms with Crippen LogP contribution in [0.15, 0.2) is 12.1 Å². The van der Waals surface area contributed by atoms with Crippen molar-refractivity contribution < 1.29 is 9.47 Å². The summed E-state index contributed by atoms with van der Waals surface area (Å²) < 4.78 is 11.4. The summed E-state index contributed by atoms with van der Waals surface area (Å²) in [4.78, 5) is 0. The highest BCUT2D eigenvalue weighted by atomic mass is 16.5. The maximum Gasteiger partial charge on any atom is 0.123 e. The van der Waals surface area contributed by atoms with Gasteiger partial charge in [-0.2, -0.15) is 0 Å². The normalized spacial score (nSPS) is 18.8. The first-order valence-electron chi connectivity index (χ1n) is 7.23. The molecule has 19 heavy (non-hydrogen) atoms. The monoisotopic (exact) mass is 263 g/mol. The van der Waals surface area contributed by atoms with Gasteiger partial charge in [-0.25, -0.2) is 0 Å². The molecule has 3 nitrogen and oxygen atoms in total. The highest BCUT2D eigenvalue weighted by Gasteiger charge is 2.21. The minimum atomic E-state index is 0.288. The Bertz CT molecular complexity index is 431. The van der Waals surface area contributed by atoms with Crippen molar-refractivity contribution in [3.63, 3.8) is 0 Å². The van der Waals surface area contributed by atoms with Gasteiger partial charge in [-0.05, 0) is 50.9 Å². The highest BCUT2D eigenvalue weighted by molar-refractivity contribution is 5.48. The summed E-state index contributed by atoms with van der Waals surface area (Å²) in [5, 5.41) is 3.44. The molecular weight excluding hydrogens is 238 g/mol. The van der Waals surface area contributed by atoms with Crippen molar-refractivity contribution in [3.05, 3.63) is 23.3 Å². The first kappa shape index (κ1) is 14.2. The lowest BCUT2D eigenvalue weighted by Gasteiger charge is -2.15. The molecule has 1 heterocycles. The van der Waals surface area contributed by atoms with E-state index in [1.807, 2.05) is 0 Å². The lowest BCUT2D eigenvalue weighted by molar-refractivity contribution is 0.254. The van der Waals surface area contributed by atoms with Gasteiger partial charge < -0.3 is 14.8 Å². The minimum absolute atomic E-state index is 0.288. The molecule has 0 saturated heterocycles. The number of methoxy groups -OCH3 is 1. The molecule has 3 heteroatoms. The van der Waals surface area contributed by atoms with Crippen LogP contribution in [0.2, 0.25) is 0 Å². The summed E-state index contributed by atoms with van der Waals surface area (Å²) in [5.74, 6) is 2.04. The predicted octanol–water partition coefficient (Wildman–Crippen LogP) is 2.95. The Morgan fingerprint density at radius 2 is 2.26 bits per heavy atom. The lowest BCUT2D eigenvalue weighted by Crippen LogP contribution is -2.25. The van der Waals surface area contributed by atoms with E-state index in [1.165, 1.54) is 11.1 Å². The third kappa shape index (κ3) is 3.41. The molecule has 2 unspecified atom stereocenters. The highest BCUT2D eigenvalue weighted by Crippen LogP contribution is 2.35. The van der Waals surface area contributed by atoms with E-state index in [-0.39, 0.29) is 6.10 Å². The SMILES string of the molecule is CCNC(C)CCc1cc2c(cc1OC)CC(C)O2. The van der Waals surface area contributed by atoms with Crippen LogP contribution in [0, 0.1) is 0 Å². The Labute approximate surface area is 116 Å². The van der Waals surface area contributed by atoms with Gasteiger partial charge in [0.05, 0.1) is 7.11 Å². The molecule has 1 aliphatic heterocycles. The van der Waals surface area contributed by atoms with Gasteiger partial charge >= 0.3 is 0 Å². The van der Waals surface area contributed by atoms with E-state index in [0.29, 0.717) is 6.04 Å². The van der Waals surface area contributed by atoms with Gasteiger partial charge in [0.15, 0.2) is 0 Å². The topological polar surface area (TPSA) is 30.5 Å². The van der Waals surface area contributed by atoms with E-state index in [9.17, 15) is 0 Å². The summed E-state index contributed by atoms with van der Waals surface area (Å²) in [6, 6.07) is 4.84. The Balaban J connectivity index is 2.09. The van der Waals surface area contributed by atoms with Gasteiger partial charge in [0, 0.05) is 18.0 Å². The standard InChI is InChI=1S/C16H25NO2/c1-5-17-11(2)6-7-13-9-16-14(8-12(3)19-16)10-15(13)18-4/h9-12,17H,5-8H2,1-4H3. The Morgan fingerprint density at radius 1 is 1.47 bits per heavy atom. The smallest absolute Gasteiger partial charge is 0.123 e.